The van der Waals surface area contributed by atoms with Gasteiger partial charge in [-0.3, -0.25) is 0 Å². The molecule has 2 aromatic rings. The molecule has 0 fully saturated rings. The Morgan fingerprint density at radius 1 is 1.33 bits per heavy atom. The smallest absolute Gasteiger partial charge is 0.139 e. The molecule has 4 heteroatoms. The van der Waals surface area contributed by atoms with Crippen LogP contribution < -0.4 is 0 Å². The molecule has 1 aromatic carbocycles. The monoisotopic (exact) mass is 243 g/mol. The Bertz CT molecular complexity index is 607. The van der Waals surface area contributed by atoms with Gasteiger partial charge in [0.05, 0.1) is 22.7 Å². The number of hydrogen-bond donors (Lipinski definition) is 0. The van der Waals surface area contributed by atoms with Gasteiger partial charge in [-0.05, 0) is 39.0 Å². The minimum atomic E-state index is -0.0645. The van der Waals surface area contributed by atoms with Gasteiger partial charge in [-0.25, -0.2) is 4.98 Å². The van der Waals surface area contributed by atoms with Crippen molar-refractivity contribution in [2.24, 2.45) is 0 Å². The summed E-state index contributed by atoms with van der Waals surface area (Å²) in [6, 6.07) is 8.04. The lowest BCUT2D eigenvalue weighted by molar-refractivity contribution is 0.108. The molecule has 1 unspecified atom stereocenters. The first-order valence-corrected chi connectivity index (χ1v) is 6.03. The molecule has 0 spiro atoms. The first-order chi connectivity index (χ1) is 8.58. The summed E-state index contributed by atoms with van der Waals surface area (Å²) in [5.74, 6) is 0.901. The molecular formula is C14H17N3O. The average molecular weight is 243 g/mol. The quantitative estimate of drug-likeness (QED) is 0.831. The zero-order valence-electron chi connectivity index (χ0n) is 11.1. The van der Waals surface area contributed by atoms with Crippen molar-refractivity contribution in [2.75, 3.05) is 7.11 Å². The van der Waals surface area contributed by atoms with E-state index in [9.17, 15) is 0 Å². The molecule has 0 N–H and O–H groups in total. The Balaban J connectivity index is 2.71. The van der Waals surface area contributed by atoms with Gasteiger partial charge in [0.25, 0.3) is 0 Å². The van der Waals surface area contributed by atoms with Gasteiger partial charge in [-0.1, -0.05) is 0 Å². The SMILES string of the molecule is COC(C)c1nc2cc(C#N)ccc2n1C(C)C. The second-order valence-electron chi connectivity index (χ2n) is 4.63. The van der Waals surface area contributed by atoms with Gasteiger partial charge < -0.3 is 9.30 Å². The van der Waals surface area contributed by atoms with Crippen LogP contribution in [0.5, 0.6) is 0 Å². The highest BCUT2D eigenvalue weighted by atomic mass is 16.5. The molecule has 1 heterocycles. The van der Waals surface area contributed by atoms with Crippen molar-refractivity contribution in [3.05, 3.63) is 29.6 Å². The minimum absolute atomic E-state index is 0.0645. The largest absolute Gasteiger partial charge is 0.374 e. The van der Waals surface area contributed by atoms with E-state index in [0.717, 1.165) is 16.9 Å². The molecule has 0 aliphatic heterocycles. The fraction of sp³-hybridized carbons (Fsp3) is 0.429. The number of methoxy groups -OCH3 is 1. The standard InChI is InChI=1S/C14H17N3O/c1-9(2)17-13-6-5-11(8-15)7-12(13)16-14(17)10(3)18-4/h5-7,9-10H,1-4H3. The Morgan fingerprint density at radius 3 is 2.61 bits per heavy atom. The number of ether oxygens (including phenoxy) is 1. The predicted octanol–water partition coefficient (Wildman–Crippen LogP) is 3.20. The number of imidazole rings is 1. The van der Waals surface area contributed by atoms with Gasteiger partial charge in [-0.15, -0.1) is 0 Å². The number of hydrogen-bond acceptors (Lipinski definition) is 3. The van der Waals surface area contributed by atoms with E-state index in [1.807, 2.05) is 25.1 Å². The molecule has 0 aliphatic carbocycles. The lowest BCUT2D eigenvalue weighted by Gasteiger charge is -2.16. The van der Waals surface area contributed by atoms with E-state index < -0.39 is 0 Å². The molecule has 0 radical (unpaired) electrons. The van der Waals surface area contributed by atoms with Crippen molar-refractivity contribution in [3.8, 4) is 6.07 Å². The third-order valence-electron chi connectivity index (χ3n) is 3.08. The molecular weight excluding hydrogens is 226 g/mol. The van der Waals surface area contributed by atoms with Crippen molar-refractivity contribution in [1.29, 1.82) is 5.26 Å². The lowest BCUT2D eigenvalue weighted by Crippen LogP contribution is -2.10. The number of nitriles is 1. The van der Waals surface area contributed by atoms with Crippen molar-refractivity contribution in [3.63, 3.8) is 0 Å². The summed E-state index contributed by atoms with van der Waals surface area (Å²) in [7, 11) is 1.68. The Labute approximate surface area is 107 Å². The Kier molecular flexibility index (Phi) is 3.35. The summed E-state index contributed by atoms with van der Waals surface area (Å²) < 4.78 is 7.52. The van der Waals surface area contributed by atoms with Crippen LogP contribution in [0.1, 0.15) is 44.3 Å². The highest BCUT2D eigenvalue weighted by Gasteiger charge is 2.18. The van der Waals surface area contributed by atoms with Gasteiger partial charge in [0.1, 0.15) is 11.9 Å². The number of benzene rings is 1. The maximum absolute atomic E-state index is 8.93. The van der Waals surface area contributed by atoms with Gasteiger partial charge in [0.2, 0.25) is 0 Å². The van der Waals surface area contributed by atoms with E-state index in [2.05, 4.69) is 29.5 Å². The van der Waals surface area contributed by atoms with E-state index in [1.54, 1.807) is 7.11 Å². The van der Waals surface area contributed by atoms with Crippen LogP contribution in [0, 0.1) is 11.3 Å². The fourth-order valence-electron chi connectivity index (χ4n) is 2.12. The van der Waals surface area contributed by atoms with Crippen molar-refractivity contribution < 1.29 is 4.74 Å². The van der Waals surface area contributed by atoms with E-state index in [-0.39, 0.29) is 6.10 Å². The summed E-state index contributed by atoms with van der Waals surface area (Å²) in [6.45, 7) is 6.21. The van der Waals surface area contributed by atoms with Crippen molar-refractivity contribution in [2.45, 2.75) is 32.9 Å². The van der Waals surface area contributed by atoms with Crippen molar-refractivity contribution >= 4 is 11.0 Å². The van der Waals surface area contributed by atoms with Crippen LogP contribution in [0.3, 0.4) is 0 Å². The van der Waals surface area contributed by atoms with Crippen LogP contribution in [0.15, 0.2) is 18.2 Å². The summed E-state index contributed by atoms with van der Waals surface area (Å²) in [4.78, 5) is 4.60. The van der Waals surface area contributed by atoms with Gasteiger partial charge >= 0.3 is 0 Å². The summed E-state index contributed by atoms with van der Waals surface area (Å²) in [5.41, 5.74) is 2.53. The first-order valence-electron chi connectivity index (χ1n) is 6.03. The van der Waals surface area contributed by atoms with Crippen molar-refractivity contribution in [1.82, 2.24) is 9.55 Å². The highest BCUT2D eigenvalue weighted by Crippen LogP contribution is 2.26. The van der Waals surface area contributed by atoms with Gasteiger partial charge in [0, 0.05) is 13.2 Å². The molecule has 1 aromatic heterocycles. The number of rotatable bonds is 3. The van der Waals surface area contributed by atoms with Gasteiger partial charge in [-0.2, -0.15) is 5.26 Å². The average Bonchev–Trinajstić information content (AvgIpc) is 2.75. The third kappa shape index (κ3) is 1.98. The van der Waals surface area contributed by atoms with Crippen LogP contribution in [-0.2, 0) is 4.74 Å². The number of aromatic nitrogens is 2. The van der Waals surface area contributed by atoms with Crippen LogP contribution in [0.2, 0.25) is 0 Å². The molecule has 94 valence electrons. The van der Waals surface area contributed by atoms with Crippen LogP contribution in [0.25, 0.3) is 11.0 Å². The first kappa shape index (κ1) is 12.6. The van der Waals surface area contributed by atoms with E-state index in [4.69, 9.17) is 10.00 Å². The van der Waals surface area contributed by atoms with Crippen LogP contribution in [-0.4, -0.2) is 16.7 Å². The molecule has 1 atom stereocenters. The normalized spacial score (nSPS) is 12.9. The lowest BCUT2D eigenvalue weighted by atomic mass is 10.2. The van der Waals surface area contributed by atoms with Crippen LogP contribution >= 0.6 is 0 Å². The van der Waals surface area contributed by atoms with E-state index in [1.165, 1.54) is 0 Å². The molecule has 0 saturated carbocycles. The highest BCUT2D eigenvalue weighted by molar-refractivity contribution is 5.78. The zero-order valence-corrected chi connectivity index (χ0v) is 11.1. The second-order valence-corrected chi connectivity index (χ2v) is 4.63. The summed E-state index contributed by atoms with van der Waals surface area (Å²) in [6.07, 6.45) is -0.0645. The second kappa shape index (κ2) is 4.79. The van der Waals surface area contributed by atoms with E-state index >= 15 is 0 Å². The molecule has 4 nitrogen and oxygen atoms in total. The van der Waals surface area contributed by atoms with Crippen LogP contribution in [0.4, 0.5) is 0 Å². The maximum atomic E-state index is 8.93. The number of fused-ring (bicyclic) bond motifs is 1. The summed E-state index contributed by atoms with van der Waals surface area (Å²) in [5, 5.41) is 8.93. The van der Waals surface area contributed by atoms with E-state index in [0.29, 0.717) is 11.6 Å². The zero-order chi connectivity index (χ0) is 13.3. The topological polar surface area (TPSA) is 50.8 Å². The molecule has 0 saturated heterocycles. The molecule has 0 bridgehead atoms. The Hall–Kier alpha value is -1.86. The molecule has 18 heavy (non-hydrogen) atoms. The molecule has 2 rings (SSSR count). The summed E-state index contributed by atoms with van der Waals surface area (Å²) >= 11 is 0. The minimum Gasteiger partial charge on any atom is -0.374 e. The Morgan fingerprint density at radius 2 is 2.06 bits per heavy atom. The maximum Gasteiger partial charge on any atom is 0.139 e. The van der Waals surface area contributed by atoms with Gasteiger partial charge in [0.15, 0.2) is 0 Å². The predicted molar refractivity (Wildman–Crippen MR) is 70.3 cm³/mol. The third-order valence-corrected chi connectivity index (χ3v) is 3.08. The molecule has 0 aliphatic rings. The molecule has 0 amide bonds. The fourth-order valence-corrected chi connectivity index (χ4v) is 2.12. The number of nitrogens with zero attached hydrogens (tertiary/aromatic N) is 3.